The number of aromatic amines is 1. The number of aliphatic hydroxyl groups excluding tert-OH is 1. The van der Waals surface area contributed by atoms with Crippen molar-refractivity contribution in [2.45, 2.75) is 32.0 Å². The molecule has 3 rings (SSSR count). The molecule has 0 fully saturated rings. The molecule has 0 saturated carbocycles. The second-order valence-corrected chi connectivity index (χ2v) is 6.11. The number of hydrogen-bond donors (Lipinski definition) is 4. The molecule has 138 valence electrons. The highest BCUT2D eigenvalue weighted by Crippen LogP contribution is 2.30. The minimum absolute atomic E-state index is 0. The van der Waals surface area contributed by atoms with Gasteiger partial charge in [0.15, 0.2) is 0 Å². The van der Waals surface area contributed by atoms with Crippen molar-refractivity contribution in [1.29, 1.82) is 0 Å². The summed E-state index contributed by atoms with van der Waals surface area (Å²) < 4.78 is 0. The molecule has 5 nitrogen and oxygen atoms in total. The fourth-order valence-electron chi connectivity index (χ4n) is 3.06. The topological polar surface area (TPSA) is 85.3 Å². The van der Waals surface area contributed by atoms with E-state index in [0.717, 1.165) is 12.0 Å². The molecule has 0 bridgehead atoms. The van der Waals surface area contributed by atoms with Gasteiger partial charge in [-0.05, 0) is 29.7 Å². The molecule has 2 atom stereocenters. The summed E-state index contributed by atoms with van der Waals surface area (Å²) in [6, 6.07) is 16.1. The van der Waals surface area contributed by atoms with Crippen molar-refractivity contribution >= 4 is 23.3 Å². The third kappa shape index (κ3) is 4.25. The van der Waals surface area contributed by atoms with Crippen LogP contribution < -0.4 is 10.9 Å². The van der Waals surface area contributed by atoms with Crippen molar-refractivity contribution in [2.24, 2.45) is 0 Å². The lowest BCUT2D eigenvalue weighted by Crippen LogP contribution is -2.34. The number of aliphatic hydroxyl groups is 1. The highest BCUT2D eigenvalue weighted by atomic mass is 35.5. The van der Waals surface area contributed by atoms with Crippen LogP contribution in [0.4, 0.5) is 0 Å². The number of halogens is 1. The normalized spacial score (nSPS) is 13.2. The molecule has 0 saturated heterocycles. The maximum absolute atomic E-state index is 11.5. The van der Waals surface area contributed by atoms with Gasteiger partial charge in [-0.15, -0.1) is 12.4 Å². The Balaban J connectivity index is 0.00000243. The van der Waals surface area contributed by atoms with Crippen LogP contribution in [-0.4, -0.2) is 21.2 Å². The first-order valence-corrected chi connectivity index (χ1v) is 8.40. The van der Waals surface area contributed by atoms with Crippen LogP contribution >= 0.6 is 12.4 Å². The molecule has 0 aliphatic heterocycles. The molecule has 0 aliphatic carbocycles. The SMILES string of the molecule is CCC(NCc1ccccc1)C(O)c1ccc(O)c2[nH]c(=O)ccc12.Cl. The number of rotatable bonds is 6. The molecule has 3 aromatic rings. The quantitative estimate of drug-likeness (QED) is 0.533. The molecular weight excluding hydrogens is 352 g/mol. The number of phenolic OH excluding ortho intramolecular Hbond substituents is 1. The lowest BCUT2D eigenvalue weighted by Gasteiger charge is -2.24. The van der Waals surface area contributed by atoms with E-state index in [2.05, 4.69) is 10.3 Å². The van der Waals surface area contributed by atoms with E-state index in [0.29, 0.717) is 23.0 Å². The Labute approximate surface area is 158 Å². The average Bonchev–Trinajstić information content (AvgIpc) is 2.63. The number of phenols is 1. The predicted molar refractivity (Wildman–Crippen MR) is 106 cm³/mol. The Morgan fingerprint density at radius 2 is 1.81 bits per heavy atom. The van der Waals surface area contributed by atoms with Crippen LogP contribution in [0, 0.1) is 0 Å². The Morgan fingerprint density at radius 1 is 1.08 bits per heavy atom. The van der Waals surface area contributed by atoms with Gasteiger partial charge in [0.05, 0.1) is 11.6 Å². The molecule has 0 aliphatic rings. The smallest absolute Gasteiger partial charge is 0.248 e. The summed E-state index contributed by atoms with van der Waals surface area (Å²) in [6.45, 7) is 2.67. The zero-order chi connectivity index (χ0) is 17.8. The average molecular weight is 375 g/mol. The molecule has 0 spiro atoms. The van der Waals surface area contributed by atoms with E-state index < -0.39 is 6.10 Å². The van der Waals surface area contributed by atoms with Gasteiger partial charge in [-0.25, -0.2) is 0 Å². The van der Waals surface area contributed by atoms with Crippen LogP contribution in [0.3, 0.4) is 0 Å². The van der Waals surface area contributed by atoms with Gasteiger partial charge in [0.2, 0.25) is 5.56 Å². The maximum atomic E-state index is 11.5. The zero-order valence-electron chi connectivity index (χ0n) is 14.5. The molecule has 1 aromatic heterocycles. The van der Waals surface area contributed by atoms with Crippen molar-refractivity contribution in [3.05, 3.63) is 76.1 Å². The Hall–Kier alpha value is -2.34. The lowest BCUT2D eigenvalue weighted by molar-refractivity contribution is 0.126. The van der Waals surface area contributed by atoms with Gasteiger partial charge in [0, 0.05) is 24.0 Å². The molecule has 26 heavy (non-hydrogen) atoms. The minimum Gasteiger partial charge on any atom is -0.506 e. The van der Waals surface area contributed by atoms with Gasteiger partial charge in [-0.3, -0.25) is 4.79 Å². The van der Waals surface area contributed by atoms with Gasteiger partial charge < -0.3 is 20.5 Å². The number of nitrogens with one attached hydrogen (secondary N) is 2. The zero-order valence-corrected chi connectivity index (χ0v) is 15.3. The van der Waals surface area contributed by atoms with Crippen LogP contribution in [0.25, 0.3) is 10.9 Å². The minimum atomic E-state index is -0.761. The third-order valence-electron chi connectivity index (χ3n) is 4.46. The van der Waals surface area contributed by atoms with Gasteiger partial charge in [-0.1, -0.05) is 43.3 Å². The third-order valence-corrected chi connectivity index (χ3v) is 4.46. The number of pyridine rings is 1. The molecule has 0 amide bonds. The van der Waals surface area contributed by atoms with Crippen LogP contribution in [0.2, 0.25) is 0 Å². The first-order chi connectivity index (χ1) is 12.1. The molecule has 0 radical (unpaired) electrons. The highest BCUT2D eigenvalue weighted by molar-refractivity contribution is 5.87. The van der Waals surface area contributed by atoms with Gasteiger partial charge >= 0.3 is 0 Å². The van der Waals surface area contributed by atoms with Crippen molar-refractivity contribution in [3.8, 4) is 5.75 Å². The van der Waals surface area contributed by atoms with E-state index in [1.165, 1.54) is 12.1 Å². The van der Waals surface area contributed by atoms with E-state index in [1.807, 2.05) is 37.3 Å². The maximum Gasteiger partial charge on any atom is 0.248 e. The fraction of sp³-hybridized carbons (Fsp3) is 0.250. The first kappa shape index (κ1) is 20.0. The van der Waals surface area contributed by atoms with Crippen molar-refractivity contribution in [2.75, 3.05) is 0 Å². The molecule has 6 heteroatoms. The van der Waals surface area contributed by atoms with Gasteiger partial charge in [0.25, 0.3) is 0 Å². The second-order valence-electron chi connectivity index (χ2n) is 6.11. The Kier molecular flexibility index (Phi) is 6.80. The number of hydrogen-bond acceptors (Lipinski definition) is 4. The summed E-state index contributed by atoms with van der Waals surface area (Å²) in [4.78, 5) is 14.2. The van der Waals surface area contributed by atoms with E-state index >= 15 is 0 Å². The molecule has 1 heterocycles. The van der Waals surface area contributed by atoms with E-state index in [-0.39, 0.29) is 29.8 Å². The largest absolute Gasteiger partial charge is 0.506 e. The summed E-state index contributed by atoms with van der Waals surface area (Å²) in [5.74, 6) is -0.00561. The van der Waals surface area contributed by atoms with Crippen molar-refractivity contribution < 1.29 is 10.2 Å². The second kappa shape index (κ2) is 8.85. The van der Waals surface area contributed by atoms with Crippen molar-refractivity contribution in [1.82, 2.24) is 10.3 Å². The van der Waals surface area contributed by atoms with Crippen LogP contribution in [0.15, 0.2) is 59.4 Å². The summed E-state index contributed by atoms with van der Waals surface area (Å²) >= 11 is 0. The lowest BCUT2D eigenvalue weighted by atomic mass is 9.96. The predicted octanol–water partition coefficient (Wildman–Crippen LogP) is 3.26. The highest BCUT2D eigenvalue weighted by Gasteiger charge is 2.21. The van der Waals surface area contributed by atoms with Crippen LogP contribution in [-0.2, 0) is 6.54 Å². The monoisotopic (exact) mass is 374 g/mol. The molecular formula is C20H23ClN2O3. The molecule has 2 aromatic carbocycles. The van der Waals surface area contributed by atoms with Crippen LogP contribution in [0.5, 0.6) is 5.75 Å². The Morgan fingerprint density at radius 3 is 2.50 bits per heavy atom. The number of H-pyrrole nitrogens is 1. The molecule has 2 unspecified atom stereocenters. The van der Waals surface area contributed by atoms with Crippen molar-refractivity contribution in [3.63, 3.8) is 0 Å². The van der Waals surface area contributed by atoms with Gasteiger partial charge in [-0.2, -0.15) is 0 Å². The van der Waals surface area contributed by atoms with E-state index in [9.17, 15) is 15.0 Å². The first-order valence-electron chi connectivity index (χ1n) is 8.40. The number of aromatic hydroxyl groups is 1. The van der Waals surface area contributed by atoms with E-state index in [4.69, 9.17) is 0 Å². The standard InChI is InChI=1S/C20H22N2O3.ClH/c1-2-16(21-12-13-6-4-3-5-7-13)20(25)15-8-10-17(23)19-14(15)9-11-18(24)22-19;/h3-11,16,20-21,23,25H,2,12H2,1H3,(H,22,24);1H. The van der Waals surface area contributed by atoms with Crippen LogP contribution in [0.1, 0.15) is 30.6 Å². The Bertz CT molecular complexity index is 912. The number of aromatic nitrogens is 1. The molecule has 4 N–H and O–H groups in total. The summed E-state index contributed by atoms with van der Waals surface area (Å²) in [6.07, 6.45) is -0.0255. The summed E-state index contributed by atoms with van der Waals surface area (Å²) in [5.41, 5.74) is 1.88. The number of benzene rings is 2. The van der Waals surface area contributed by atoms with E-state index in [1.54, 1.807) is 12.1 Å². The fourth-order valence-corrected chi connectivity index (χ4v) is 3.06. The van der Waals surface area contributed by atoms with Gasteiger partial charge in [0.1, 0.15) is 5.75 Å². The summed E-state index contributed by atoms with van der Waals surface area (Å²) in [5, 5.41) is 24.9. The summed E-state index contributed by atoms with van der Waals surface area (Å²) in [7, 11) is 0. The number of fused-ring (bicyclic) bond motifs is 1.